The predicted octanol–water partition coefficient (Wildman–Crippen LogP) is 4.85. The molecule has 0 aliphatic heterocycles. The molecule has 0 radical (unpaired) electrons. The predicted molar refractivity (Wildman–Crippen MR) is 135 cm³/mol. The Bertz CT molecular complexity index is 1390. The van der Waals surface area contributed by atoms with Crippen molar-refractivity contribution in [2.45, 2.75) is 11.7 Å². The number of nitrogens with zero attached hydrogens (tertiary/aromatic N) is 2. The fraction of sp³-hybridized carbons (Fsp3) is 0.160. The van der Waals surface area contributed by atoms with Gasteiger partial charge in [0.25, 0.3) is 5.56 Å². The quantitative estimate of drug-likeness (QED) is 0.278. The third kappa shape index (κ3) is 5.35. The molecule has 1 heterocycles. The van der Waals surface area contributed by atoms with E-state index in [9.17, 15) is 9.59 Å². The number of fused-ring (bicyclic) bond motifs is 1. The lowest BCUT2D eigenvalue weighted by Gasteiger charge is -2.14. The first-order valence-electron chi connectivity index (χ1n) is 10.4. The first kappa shape index (κ1) is 23.7. The lowest BCUT2D eigenvalue weighted by Crippen LogP contribution is -2.24. The smallest absolute Gasteiger partial charge is 0.262 e. The molecule has 174 valence electrons. The van der Waals surface area contributed by atoms with Crippen molar-refractivity contribution in [1.82, 2.24) is 9.55 Å². The molecule has 0 bridgehead atoms. The number of methoxy groups -OCH3 is 2. The zero-order chi connectivity index (χ0) is 24.1. The van der Waals surface area contributed by atoms with Gasteiger partial charge >= 0.3 is 0 Å². The minimum atomic E-state index is -0.238. The largest absolute Gasteiger partial charge is 0.493 e. The molecule has 7 nitrogen and oxygen atoms in total. The van der Waals surface area contributed by atoms with Crippen LogP contribution in [0.5, 0.6) is 11.5 Å². The van der Waals surface area contributed by atoms with Crippen LogP contribution in [0.25, 0.3) is 10.9 Å². The summed E-state index contributed by atoms with van der Waals surface area (Å²) in [7, 11) is 3.08. The second-order valence-corrected chi connectivity index (χ2v) is 8.71. The van der Waals surface area contributed by atoms with Crippen LogP contribution in [0.4, 0.5) is 5.69 Å². The number of aromatic nitrogens is 2. The van der Waals surface area contributed by atoms with Crippen LogP contribution in [-0.2, 0) is 11.3 Å². The summed E-state index contributed by atoms with van der Waals surface area (Å²) in [6.45, 7) is 0.313. The number of hydrogen-bond acceptors (Lipinski definition) is 6. The summed E-state index contributed by atoms with van der Waals surface area (Å²) in [6, 6.07) is 19.6. The van der Waals surface area contributed by atoms with E-state index in [0.29, 0.717) is 44.8 Å². The number of para-hydroxylation sites is 1. The van der Waals surface area contributed by atoms with E-state index < -0.39 is 0 Å². The molecule has 0 atom stereocenters. The summed E-state index contributed by atoms with van der Waals surface area (Å²) in [6.07, 6.45) is 0. The maximum Gasteiger partial charge on any atom is 0.262 e. The van der Waals surface area contributed by atoms with Gasteiger partial charge in [0.15, 0.2) is 16.7 Å². The number of rotatable bonds is 8. The molecular formula is C25H22ClN3O4S. The Morgan fingerprint density at radius 1 is 1.03 bits per heavy atom. The van der Waals surface area contributed by atoms with E-state index in [1.54, 1.807) is 60.2 Å². The topological polar surface area (TPSA) is 82.5 Å². The van der Waals surface area contributed by atoms with E-state index in [1.165, 1.54) is 18.9 Å². The van der Waals surface area contributed by atoms with Crippen molar-refractivity contribution < 1.29 is 14.3 Å². The summed E-state index contributed by atoms with van der Waals surface area (Å²) in [5.74, 6) is 0.916. The molecule has 1 aromatic heterocycles. The normalized spacial score (nSPS) is 10.8. The lowest BCUT2D eigenvalue weighted by atomic mass is 10.2. The Morgan fingerprint density at radius 2 is 1.76 bits per heavy atom. The van der Waals surface area contributed by atoms with Crippen LogP contribution in [0.15, 0.2) is 76.7 Å². The van der Waals surface area contributed by atoms with Crippen molar-refractivity contribution >= 4 is 45.9 Å². The number of benzene rings is 3. The van der Waals surface area contributed by atoms with E-state index in [0.717, 1.165) is 5.56 Å². The van der Waals surface area contributed by atoms with E-state index in [-0.39, 0.29) is 17.2 Å². The molecule has 0 saturated heterocycles. The van der Waals surface area contributed by atoms with Crippen molar-refractivity contribution in [2.24, 2.45) is 0 Å². The van der Waals surface area contributed by atoms with Gasteiger partial charge in [-0.1, -0.05) is 47.6 Å². The minimum Gasteiger partial charge on any atom is -0.493 e. The van der Waals surface area contributed by atoms with Crippen LogP contribution in [0.2, 0.25) is 5.02 Å². The van der Waals surface area contributed by atoms with Crippen molar-refractivity contribution in [3.8, 4) is 11.5 Å². The van der Waals surface area contributed by atoms with Crippen molar-refractivity contribution in [3.63, 3.8) is 0 Å². The number of thioether (sulfide) groups is 1. The van der Waals surface area contributed by atoms with Crippen molar-refractivity contribution in [1.29, 1.82) is 0 Å². The maximum atomic E-state index is 13.2. The van der Waals surface area contributed by atoms with Gasteiger partial charge in [-0.25, -0.2) is 4.98 Å². The summed E-state index contributed by atoms with van der Waals surface area (Å²) in [5.41, 5.74) is 1.90. The van der Waals surface area contributed by atoms with Gasteiger partial charge in [0.1, 0.15) is 0 Å². The Morgan fingerprint density at radius 3 is 2.50 bits per heavy atom. The average molecular weight is 496 g/mol. The number of hydrogen-bond donors (Lipinski definition) is 1. The van der Waals surface area contributed by atoms with Crippen molar-refractivity contribution in [3.05, 3.63) is 87.7 Å². The highest BCUT2D eigenvalue weighted by Crippen LogP contribution is 2.30. The number of amides is 1. The Balaban J connectivity index is 1.57. The van der Waals surface area contributed by atoms with E-state index >= 15 is 0 Å². The van der Waals surface area contributed by atoms with Gasteiger partial charge in [-0.15, -0.1) is 0 Å². The molecule has 0 fully saturated rings. The molecule has 4 aromatic rings. The first-order valence-corrected chi connectivity index (χ1v) is 11.7. The van der Waals surface area contributed by atoms with E-state index in [4.69, 9.17) is 21.1 Å². The summed E-state index contributed by atoms with van der Waals surface area (Å²) < 4.78 is 12.1. The third-order valence-electron chi connectivity index (χ3n) is 5.08. The summed E-state index contributed by atoms with van der Waals surface area (Å²) in [4.78, 5) is 30.6. The number of anilines is 1. The average Bonchev–Trinajstić information content (AvgIpc) is 2.85. The van der Waals surface area contributed by atoms with Crippen molar-refractivity contribution in [2.75, 3.05) is 25.3 Å². The van der Waals surface area contributed by atoms with Crippen LogP contribution in [0.1, 0.15) is 5.56 Å². The summed E-state index contributed by atoms with van der Waals surface area (Å²) in [5, 5.41) is 4.44. The zero-order valence-electron chi connectivity index (χ0n) is 18.6. The SMILES string of the molecule is COc1ccc(NC(=O)CSc2nc3ccccc3c(=O)n2Cc2ccc(Cl)cc2)cc1OC. The third-order valence-corrected chi connectivity index (χ3v) is 6.31. The standard InChI is InChI=1S/C25H22ClN3O4S/c1-32-21-12-11-18(13-22(21)33-2)27-23(30)15-34-25-28-20-6-4-3-5-19(20)24(31)29(25)14-16-7-9-17(26)10-8-16/h3-13H,14-15H2,1-2H3,(H,27,30). The molecule has 0 spiro atoms. The second-order valence-electron chi connectivity index (χ2n) is 7.34. The Kier molecular flexibility index (Phi) is 7.40. The number of halogens is 1. The molecule has 34 heavy (non-hydrogen) atoms. The van der Waals surface area contributed by atoms with Gasteiger partial charge in [0, 0.05) is 16.8 Å². The number of carbonyl (C=O) groups excluding carboxylic acids is 1. The van der Waals surface area contributed by atoms with Crippen LogP contribution < -0.4 is 20.3 Å². The van der Waals surface area contributed by atoms with Gasteiger partial charge in [0.2, 0.25) is 5.91 Å². The van der Waals surface area contributed by atoms with Crippen LogP contribution in [0.3, 0.4) is 0 Å². The van der Waals surface area contributed by atoms with Gasteiger partial charge in [-0.05, 0) is 42.0 Å². The first-order chi connectivity index (χ1) is 16.5. The highest BCUT2D eigenvalue weighted by atomic mass is 35.5. The molecule has 0 aliphatic carbocycles. The number of nitrogens with one attached hydrogen (secondary N) is 1. The molecule has 0 aliphatic rings. The maximum absolute atomic E-state index is 13.2. The van der Waals surface area contributed by atoms with E-state index in [1.807, 2.05) is 18.2 Å². The minimum absolute atomic E-state index is 0.0692. The molecule has 1 amide bonds. The lowest BCUT2D eigenvalue weighted by molar-refractivity contribution is -0.113. The highest BCUT2D eigenvalue weighted by molar-refractivity contribution is 7.99. The molecule has 1 N–H and O–H groups in total. The highest BCUT2D eigenvalue weighted by Gasteiger charge is 2.14. The van der Waals surface area contributed by atoms with Gasteiger partial charge in [-0.3, -0.25) is 14.2 Å². The molecule has 0 unspecified atom stereocenters. The zero-order valence-corrected chi connectivity index (χ0v) is 20.2. The van der Waals surface area contributed by atoms with Gasteiger partial charge in [0.05, 0.1) is 37.4 Å². The van der Waals surface area contributed by atoms with Crippen LogP contribution in [0, 0.1) is 0 Å². The van der Waals surface area contributed by atoms with Crippen LogP contribution in [-0.4, -0.2) is 35.4 Å². The monoisotopic (exact) mass is 495 g/mol. The molecular weight excluding hydrogens is 474 g/mol. The number of carbonyl (C=O) groups is 1. The van der Waals surface area contributed by atoms with Crippen LogP contribution >= 0.6 is 23.4 Å². The fourth-order valence-corrected chi connectivity index (χ4v) is 4.34. The Hall–Kier alpha value is -3.49. The summed E-state index contributed by atoms with van der Waals surface area (Å²) >= 11 is 7.20. The fourth-order valence-electron chi connectivity index (χ4n) is 3.41. The molecule has 0 saturated carbocycles. The van der Waals surface area contributed by atoms with E-state index in [2.05, 4.69) is 10.3 Å². The second kappa shape index (κ2) is 10.6. The molecule has 3 aromatic carbocycles. The number of ether oxygens (including phenoxy) is 2. The molecule has 9 heteroatoms. The molecule has 4 rings (SSSR count). The van der Waals surface area contributed by atoms with Gasteiger partial charge < -0.3 is 14.8 Å². The Labute approximate surface area is 205 Å². The van der Waals surface area contributed by atoms with Gasteiger partial charge in [-0.2, -0.15) is 0 Å².